The number of pyridine rings is 1. The van der Waals surface area contributed by atoms with Gasteiger partial charge in [0.1, 0.15) is 0 Å². The van der Waals surface area contributed by atoms with Crippen molar-refractivity contribution in [2.75, 3.05) is 5.32 Å². The average molecular weight is 258 g/mol. The molecule has 18 heavy (non-hydrogen) atoms. The van der Waals surface area contributed by atoms with Crippen LogP contribution in [0.1, 0.15) is 33.0 Å². The van der Waals surface area contributed by atoms with E-state index in [0.29, 0.717) is 0 Å². The van der Waals surface area contributed by atoms with Gasteiger partial charge in [-0.15, -0.1) is 11.3 Å². The normalized spacial score (nSPS) is 14.0. The molecule has 0 spiro atoms. The molecule has 0 fully saturated rings. The summed E-state index contributed by atoms with van der Waals surface area (Å²) >= 11 is 1.64. The number of carbonyl (C=O) groups excluding carboxylic acids is 1. The van der Waals surface area contributed by atoms with Crippen LogP contribution in [0.25, 0.3) is 0 Å². The Hall–Kier alpha value is -1.68. The van der Waals surface area contributed by atoms with E-state index in [4.69, 9.17) is 0 Å². The Morgan fingerprint density at radius 1 is 1.22 bits per heavy atom. The molecule has 92 valence electrons. The summed E-state index contributed by atoms with van der Waals surface area (Å²) in [6, 6.07) is 5.65. The molecule has 1 N–H and O–H groups in total. The van der Waals surface area contributed by atoms with Gasteiger partial charge in [0, 0.05) is 23.0 Å². The maximum Gasteiger partial charge on any atom is 0.265 e. The highest BCUT2D eigenvalue weighted by Gasteiger charge is 2.17. The first kappa shape index (κ1) is 11.4. The number of hydrogen-bond donors (Lipinski definition) is 1. The zero-order chi connectivity index (χ0) is 12.4. The fourth-order valence-corrected chi connectivity index (χ4v) is 3.38. The van der Waals surface area contributed by atoms with Crippen molar-refractivity contribution in [1.29, 1.82) is 0 Å². The van der Waals surface area contributed by atoms with Gasteiger partial charge in [-0.1, -0.05) is 0 Å². The predicted molar refractivity (Wildman–Crippen MR) is 73.2 cm³/mol. The van der Waals surface area contributed by atoms with Crippen LogP contribution < -0.4 is 5.32 Å². The fraction of sp³-hybridized carbons (Fsp3) is 0.286. The fourth-order valence-electron chi connectivity index (χ4n) is 2.23. The van der Waals surface area contributed by atoms with Gasteiger partial charge >= 0.3 is 0 Å². The SMILES string of the molecule is O=C(Nc1ccncc1)c1cc2c(s1)CCCC2. The van der Waals surface area contributed by atoms with E-state index in [1.807, 2.05) is 0 Å². The Balaban J connectivity index is 1.78. The molecule has 0 aliphatic heterocycles. The number of aryl methyl sites for hydroxylation is 2. The van der Waals surface area contributed by atoms with Gasteiger partial charge < -0.3 is 5.32 Å². The maximum atomic E-state index is 12.1. The number of hydrogen-bond acceptors (Lipinski definition) is 3. The second-order valence-electron chi connectivity index (χ2n) is 4.46. The molecule has 0 unspecified atom stereocenters. The molecule has 1 amide bonds. The number of carbonyl (C=O) groups is 1. The van der Waals surface area contributed by atoms with Crippen LogP contribution in [0.4, 0.5) is 5.69 Å². The largest absolute Gasteiger partial charge is 0.321 e. The number of rotatable bonds is 2. The van der Waals surface area contributed by atoms with Crippen molar-refractivity contribution in [3.63, 3.8) is 0 Å². The van der Waals surface area contributed by atoms with Gasteiger partial charge in [-0.25, -0.2) is 0 Å². The number of fused-ring (bicyclic) bond motifs is 1. The third kappa shape index (κ3) is 2.29. The Morgan fingerprint density at radius 2 is 2.00 bits per heavy atom. The Bertz CT molecular complexity index is 539. The molecule has 2 heterocycles. The first-order valence-corrected chi connectivity index (χ1v) is 6.97. The second kappa shape index (κ2) is 4.90. The number of anilines is 1. The van der Waals surface area contributed by atoms with Gasteiger partial charge in [-0.3, -0.25) is 9.78 Å². The van der Waals surface area contributed by atoms with E-state index >= 15 is 0 Å². The van der Waals surface area contributed by atoms with Crippen LogP contribution in [0.5, 0.6) is 0 Å². The minimum atomic E-state index is -0.0133. The molecular formula is C14H14N2OS. The quantitative estimate of drug-likeness (QED) is 0.898. The molecule has 0 radical (unpaired) electrons. The van der Waals surface area contributed by atoms with E-state index in [-0.39, 0.29) is 5.91 Å². The first-order chi connectivity index (χ1) is 8.83. The molecule has 0 saturated heterocycles. The molecule has 4 heteroatoms. The van der Waals surface area contributed by atoms with Crippen molar-refractivity contribution in [3.05, 3.63) is 45.9 Å². The molecule has 0 saturated carbocycles. The highest BCUT2D eigenvalue weighted by molar-refractivity contribution is 7.14. The van der Waals surface area contributed by atoms with Gasteiger partial charge in [0.2, 0.25) is 0 Å². The van der Waals surface area contributed by atoms with Crippen molar-refractivity contribution >= 4 is 22.9 Å². The molecule has 0 aromatic carbocycles. The first-order valence-electron chi connectivity index (χ1n) is 6.16. The van der Waals surface area contributed by atoms with Gasteiger partial charge in [0.05, 0.1) is 4.88 Å². The van der Waals surface area contributed by atoms with Gasteiger partial charge in [-0.05, 0) is 49.4 Å². The third-order valence-electron chi connectivity index (χ3n) is 3.16. The van der Waals surface area contributed by atoms with E-state index in [1.54, 1.807) is 35.9 Å². The van der Waals surface area contributed by atoms with Crippen molar-refractivity contribution < 1.29 is 4.79 Å². The zero-order valence-electron chi connectivity index (χ0n) is 9.98. The van der Waals surface area contributed by atoms with E-state index in [0.717, 1.165) is 23.4 Å². The lowest BCUT2D eigenvalue weighted by Crippen LogP contribution is -2.09. The standard InChI is InChI=1S/C14H14N2OS/c17-14(16-11-5-7-15-8-6-11)13-9-10-3-1-2-4-12(10)18-13/h5-9H,1-4H2,(H,15,16,17). The van der Waals surface area contributed by atoms with Gasteiger partial charge in [0.25, 0.3) is 5.91 Å². The number of nitrogens with one attached hydrogen (secondary N) is 1. The lowest BCUT2D eigenvalue weighted by Gasteiger charge is -2.08. The van der Waals surface area contributed by atoms with Crippen LogP contribution in [0, 0.1) is 0 Å². The summed E-state index contributed by atoms with van der Waals surface area (Å²) < 4.78 is 0. The predicted octanol–water partition coefficient (Wildman–Crippen LogP) is 3.27. The maximum absolute atomic E-state index is 12.1. The van der Waals surface area contributed by atoms with E-state index in [1.165, 1.54) is 23.3 Å². The topological polar surface area (TPSA) is 42.0 Å². The average Bonchev–Trinajstić information content (AvgIpc) is 2.84. The summed E-state index contributed by atoms with van der Waals surface area (Å²) in [5.74, 6) is -0.0133. The molecule has 3 nitrogen and oxygen atoms in total. The summed E-state index contributed by atoms with van der Waals surface area (Å²) in [7, 11) is 0. The Kier molecular flexibility index (Phi) is 3.11. The lowest BCUT2D eigenvalue weighted by atomic mass is 9.99. The van der Waals surface area contributed by atoms with Crippen LogP contribution in [0.2, 0.25) is 0 Å². The van der Waals surface area contributed by atoms with Gasteiger partial charge in [-0.2, -0.15) is 0 Å². The Labute approximate surface area is 110 Å². The summed E-state index contributed by atoms with van der Waals surface area (Å²) in [6.07, 6.45) is 8.09. The molecule has 3 rings (SSSR count). The van der Waals surface area contributed by atoms with E-state index in [9.17, 15) is 4.79 Å². The third-order valence-corrected chi connectivity index (χ3v) is 4.39. The smallest absolute Gasteiger partial charge is 0.265 e. The summed E-state index contributed by atoms with van der Waals surface area (Å²) in [5, 5.41) is 2.90. The molecule has 0 atom stereocenters. The van der Waals surface area contributed by atoms with E-state index < -0.39 is 0 Å². The monoisotopic (exact) mass is 258 g/mol. The van der Waals surface area contributed by atoms with Crippen molar-refractivity contribution in [1.82, 2.24) is 4.98 Å². The van der Waals surface area contributed by atoms with Crippen molar-refractivity contribution in [3.8, 4) is 0 Å². The minimum absolute atomic E-state index is 0.0133. The van der Waals surface area contributed by atoms with Crippen molar-refractivity contribution in [2.45, 2.75) is 25.7 Å². The van der Waals surface area contributed by atoms with Crippen LogP contribution in [-0.2, 0) is 12.8 Å². The highest BCUT2D eigenvalue weighted by atomic mass is 32.1. The molecule has 1 aliphatic rings. The summed E-state index contributed by atoms with van der Waals surface area (Å²) in [6.45, 7) is 0. The summed E-state index contributed by atoms with van der Waals surface area (Å²) in [5.41, 5.74) is 2.16. The number of nitrogens with zero attached hydrogens (tertiary/aromatic N) is 1. The van der Waals surface area contributed by atoms with Crippen molar-refractivity contribution in [2.24, 2.45) is 0 Å². The molecule has 0 bridgehead atoms. The molecule has 2 aromatic heterocycles. The second-order valence-corrected chi connectivity index (χ2v) is 5.59. The van der Waals surface area contributed by atoms with Crippen LogP contribution in [0.15, 0.2) is 30.6 Å². The number of aromatic nitrogens is 1. The lowest BCUT2D eigenvalue weighted by molar-refractivity contribution is 0.103. The molecule has 1 aliphatic carbocycles. The van der Waals surface area contributed by atoms with E-state index in [2.05, 4.69) is 16.4 Å². The van der Waals surface area contributed by atoms with Gasteiger partial charge in [0.15, 0.2) is 0 Å². The molecular weight excluding hydrogens is 244 g/mol. The van der Waals surface area contributed by atoms with Crippen LogP contribution >= 0.6 is 11.3 Å². The van der Waals surface area contributed by atoms with Crippen LogP contribution in [0.3, 0.4) is 0 Å². The Morgan fingerprint density at radius 3 is 2.78 bits per heavy atom. The molecule has 2 aromatic rings. The van der Waals surface area contributed by atoms with Crippen LogP contribution in [-0.4, -0.2) is 10.9 Å². The summed E-state index contributed by atoms with van der Waals surface area (Å²) in [4.78, 5) is 18.2. The number of amides is 1. The number of thiophene rings is 1. The highest BCUT2D eigenvalue weighted by Crippen LogP contribution is 2.30. The zero-order valence-corrected chi connectivity index (χ0v) is 10.8. The minimum Gasteiger partial charge on any atom is -0.321 e.